The number of urea groups is 1. The molecule has 0 radical (unpaired) electrons. The van der Waals surface area contributed by atoms with Crippen molar-refractivity contribution in [2.24, 2.45) is 0 Å². The number of para-hydroxylation sites is 1. The molecule has 1 aliphatic heterocycles. The number of aliphatic carboxylic acids is 1. The predicted octanol–water partition coefficient (Wildman–Crippen LogP) is 2.26. The average molecular weight is 331 g/mol. The normalized spacial score (nSPS) is 27.3. The lowest BCUT2D eigenvalue weighted by Gasteiger charge is -2.43. The summed E-state index contributed by atoms with van der Waals surface area (Å²) in [7, 11) is 4.15. The van der Waals surface area contributed by atoms with Gasteiger partial charge >= 0.3 is 12.0 Å². The molecule has 1 spiro atoms. The number of carbonyl (C=O) groups is 2. The highest BCUT2D eigenvalue weighted by Crippen LogP contribution is 2.41. The molecule has 1 N–H and O–H groups in total. The number of amides is 2. The van der Waals surface area contributed by atoms with Crippen molar-refractivity contribution in [1.29, 1.82) is 0 Å². The van der Waals surface area contributed by atoms with Crippen LogP contribution in [0.5, 0.6) is 0 Å². The Morgan fingerprint density at radius 1 is 1.25 bits per heavy atom. The fourth-order valence-corrected chi connectivity index (χ4v) is 4.06. The lowest BCUT2D eigenvalue weighted by molar-refractivity contribution is -0.138. The number of carbonyl (C=O) groups excluding carboxylic acids is 1. The minimum atomic E-state index is -0.952. The van der Waals surface area contributed by atoms with E-state index in [0.29, 0.717) is 12.6 Å². The molecule has 2 amide bonds. The maximum atomic E-state index is 12.9. The largest absolute Gasteiger partial charge is 0.480 e. The van der Waals surface area contributed by atoms with Crippen molar-refractivity contribution in [3.05, 3.63) is 30.3 Å². The van der Waals surface area contributed by atoms with Gasteiger partial charge in [-0.3, -0.25) is 9.69 Å². The van der Waals surface area contributed by atoms with Gasteiger partial charge in [0.05, 0.1) is 12.1 Å². The van der Waals surface area contributed by atoms with E-state index in [1.807, 2.05) is 30.3 Å². The van der Waals surface area contributed by atoms with Crippen LogP contribution in [0.4, 0.5) is 10.5 Å². The Bertz CT molecular complexity index is 609. The highest BCUT2D eigenvalue weighted by molar-refractivity contribution is 5.97. The molecule has 0 atom stereocenters. The first-order valence-electron chi connectivity index (χ1n) is 8.45. The molecule has 24 heavy (non-hydrogen) atoms. The van der Waals surface area contributed by atoms with E-state index >= 15 is 0 Å². The van der Waals surface area contributed by atoms with Gasteiger partial charge in [0.15, 0.2) is 0 Å². The van der Waals surface area contributed by atoms with Gasteiger partial charge < -0.3 is 14.9 Å². The molecular weight excluding hydrogens is 306 g/mol. The van der Waals surface area contributed by atoms with Crippen LogP contribution in [-0.2, 0) is 4.79 Å². The topological polar surface area (TPSA) is 64.1 Å². The van der Waals surface area contributed by atoms with Gasteiger partial charge in [-0.15, -0.1) is 0 Å². The zero-order valence-corrected chi connectivity index (χ0v) is 14.3. The Morgan fingerprint density at radius 2 is 1.88 bits per heavy atom. The third-order valence-electron chi connectivity index (χ3n) is 5.46. The molecule has 0 unspecified atom stereocenters. The van der Waals surface area contributed by atoms with Gasteiger partial charge in [0.25, 0.3) is 0 Å². The molecule has 1 saturated heterocycles. The Balaban J connectivity index is 1.87. The molecule has 3 rings (SSSR count). The number of carboxylic acids is 1. The first-order valence-corrected chi connectivity index (χ1v) is 8.45. The molecule has 0 aromatic heterocycles. The van der Waals surface area contributed by atoms with Crippen LogP contribution >= 0.6 is 0 Å². The Morgan fingerprint density at radius 3 is 2.42 bits per heavy atom. The molecule has 130 valence electrons. The summed E-state index contributed by atoms with van der Waals surface area (Å²) >= 11 is 0. The Kier molecular flexibility index (Phi) is 4.49. The molecule has 1 heterocycles. The van der Waals surface area contributed by atoms with Crippen molar-refractivity contribution < 1.29 is 14.7 Å². The van der Waals surface area contributed by atoms with Crippen molar-refractivity contribution in [3.63, 3.8) is 0 Å². The molecule has 2 fully saturated rings. The van der Waals surface area contributed by atoms with Crippen molar-refractivity contribution in [3.8, 4) is 0 Å². The standard InChI is InChI=1S/C18H25N3O3/c1-19(2)14-8-10-18(11-9-14)13-20(15-6-4-3-5-7-15)17(24)21(18)12-16(22)23/h3-7,14H,8-13H2,1-2H3,(H,22,23). The minimum Gasteiger partial charge on any atom is -0.480 e. The van der Waals surface area contributed by atoms with Crippen LogP contribution in [0.3, 0.4) is 0 Å². The number of hydrogen-bond donors (Lipinski definition) is 1. The van der Waals surface area contributed by atoms with Gasteiger partial charge in [0.1, 0.15) is 6.54 Å². The van der Waals surface area contributed by atoms with Crippen LogP contribution < -0.4 is 4.90 Å². The highest BCUT2D eigenvalue weighted by atomic mass is 16.4. The van der Waals surface area contributed by atoms with E-state index < -0.39 is 5.97 Å². The molecular formula is C18H25N3O3. The summed E-state index contributed by atoms with van der Waals surface area (Å²) in [6.45, 7) is 0.345. The number of anilines is 1. The minimum absolute atomic E-state index is 0.188. The van der Waals surface area contributed by atoms with Crippen LogP contribution in [0.15, 0.2) is 30.3 Å². The monoisotopic (exact) mass is 331 g/mol. The van der Waals surface area contributed by atoms with E-state index in [1.54, 1.807) is 9.80 Å². The molecule has 1 aromatic rings. The summed E-state index contributed by atoms with van der Waals surface area (Å²) < 4.78 is 0. The predicted molar refractivity (Wildman–Crippen MR) is 92.2 cm³/mol. The number of hydrogen-bond acceptors (Lipinski definition) is 3. The third-order valence-corrected chi connectivity index (χ3v) is 5.46. The van der Waals surface area contributed by atoms with Crippen LogP contribution in [0.25, 0.3) is 0 Å². The van der Waals surface area contributed by atoms with Crippen LogP contribution in [-0.4, -0.2) is 65.7 Å². The summed E-state index contributed by atoms with van der Waals surface area (Å²) in [5.74, 6) is -0.952. The van der Waals surface area contributed by atoms with E-state index in [1.165, 1.54) is 0 Å². The molecule has 6 heteroatoms. The number of benzene rings is 1. The van der Waals surface area contributed by atoms with Gasteiger partial charge in [-0.05, 0) is 51.9 Å². The molecule has 1 saturated carbocycles. The van der Waals surface area contributed by atoms with Gasteiger partial charge in [-0.1, -0.05) is 18.2 Å². The van der Waals surface area contributed by atoms with Gasteiger partial charge in [-0.2, -0.15) is 0 Å². The van der Waals surface area contributed by atoms with Crippen molar-refractivity contribution in [2.75, 3.05) is 32.1 Å². The smallest absolute Gasteiger partial charge is 0.325 e. The summed E-state index contributed by atoms with van der Waals surface area (Å²) in [6, 6.07) is 9.84. The molecule has 0 bridgehead atoms. The number of nitrogens with zero attached hydrogens (tertiary/aromatic N) is 3. The second kappa shape index (κ2) is 6.43. The molecule has 6 nitrogen and oxygen atoms in total. The second-order valence-corrected chi connectivity index (χ2v) is 7.10. The van der Waals surface area contributed by atoms with Crippen molar-refractivity contribution >= 4 is 17.7 Å². The van der Waals surface area contributed by atoms with Crippen molar-refractivity contribution in [2.45, 2.75) is 37.3 Å². The second-order valence-electron chi connectivity index (χ2n) is 7.10. The van der Waals surface area contributed by atoms with Crippen LogP contribution in [0.2, 0.25) is 0 Å². The third kappa shape index (κ3) is 2.98. The average Bonchev–Trinajstić information content (AvgIpc) is 2.82. The van der Waals surface area contributed by atoms with E-state index in [9.17, 15) is 14.7 Å². The van der Waals surface area contributed by atoms with E-state index in [0.717, 1.165) is 31.4 Å². The molecule has 2 aliphatic rings. The highest BCUT2D eigenvalue weighted by Gasteiger charge is 2.52. The first kappa shape index (κ1) is 16.8. The van der Waals surface area contributed by atoms with Gasteiger partial charge in [0, 0.05) is 11.7 Å². The fraction of sp³-hybridized carbons (Fsp3) is 0.556. The maximum Gasteiger partial charge on any atom is 0.325 e. The van der Waals surface area contributed by atoms with Crippen molar-refractivity contribution in [1.82, 2.24) is 9.80 Å². The zero-order valence-electron chi connectivity index (χ0n) is 14.3. The lowest BCUT2D eigenvalue weighted by Crippen LogP contribution is -2.53. The van der Waals surface area contributed by atoms with Gasteiger partial charge in [-0.25, -0.2) is 4.79 Å². The molecule has 1 aliphatic carbocycles. The van der Waals surface area contributed by atoms with E-state index in [4.69, 9.17) is 0 Å². The first-order chi connectivity index (χ1) is 11.4. The fourth-order valence-electron chi connectivity index (χ4n) is 4.06. The summed E-state index contributed by atoms with van der Waals surface area (Å²) in [4.78, 5) is 29.8. The van der Waals surface area contributed by atoms with E-state index in [2.05, 4.69) is 19.0 Å². The number of carboxylic acid groups (broad SMARTS) is 1. The molecule has 1 aromatic carbocycles. The SMILES string of the molecule is CN(C)C1CCC2(CC1)CN(c1ccccc1)C(=O)N2CC(=O)O. The maximum absolute atomic E-state index is 12.9. The van der Waals surface area contributed by atoms with E-state index in [-0.39, 0.29) is 18.1 Å². The Labute approximate surface area is 142 Å². The quantitative estimate of drug-likeness (QED) is 0.919. The summed E-state index contributed by atoms with van der Waals surface area (Å²) in [6.07, 6.45) is 3.66. The van der Waals surface area contributed by atoms with Gasteiger partial charge in [0.2, 0.25) is 0 Å². The zero-order chi connectivity index (χ0) is 17.3. The summed E-state index contributed by atoms with van der Waals surface area (Å²) in [5, 5.41) is 9.28. The Hall–Kier alpha value is -2.08. The lowest BCUT2D eigenvalue weighted by atomic mass is 9.78. The van der Waals surface area contributed by atoms with Crippen LogP contribution in [0, 0.1) is 0 Å². The number of rotatable bonds is 4. The van der Waals surface area contributed by atoms with Crippen LogP contribution in [0.1, 0.15) is 25.7 Å². The summed E-state index contributed by atoms with van der Waals surface area (Å²) in [5.41, 5.74) is 0.474.